The summed E-state index contributed by atoms with van der Waals surface area (Å²) in [5.74, 6) is 0.0909. The molecule has 112 valence electrons. The maximum absolute atomic E-state index is 12.5. The quantitative estimate of drug-likeness (QED) is 0.873. The lowest BCUT2D eigenvalue weighted by Crippen LogP contribution is -2.30. The Labute approximate surface area is 133 Å². The number of nitrogens with zero attached hydrogens (tertiary/aromatic N) is 2. The maximum atomic E-state index is 12.5. The van der Waals surface area contributed by atoms with Crippen LogP contribution in [-0.4, -0.2) is 34.2 Å². The summed E-state index contributed by atoms with van der Waals surface area (Å²) in [7, 11) is 0. The van der Waals surface area contributed by atoms with Crippen molar-refractivity contribution in [2.45, 2.75) is 13.3 Å². The second-order valence-electron chi connectivity index (χ2n) is 5.06. The van der Waals surface area contributed by atoms with Crippen LogP contribution in [0.3, 0.4) is 0 Å². The zero-order valence-corrected chi connectivity index (χ0v) is 13.1. The van der Waals surface area contributed by atoms with E-state index in [-0.39, 0.29) is 11.8 Å². The molecule has 1 fully saturated rings. The number of hydrogen-bond acceptors (Lipinski definition) is 3. The molecule has 0 aliphatic carbocycles. The highest BCUT2D eigenvalue weighted by molar-refractivity contribution is 8.15. The first-order valence-corrected chi connectivity index (χ1v) is 8.23. The summed E-state index contributed by atoms with van der Waals surface area (Å²) in [5.41, 5.74) is 0.571. The average molecular weight is 312 g/mol. The molecule has 1 saturated heterocycles. The molecule has 1 aliphatic rings. The van der Waals surface area contributed by atoms with E-state index < -0.39 is 0 Å². The number of fused-ring (bicyclic) bond motifs is 1. The van der Waals surface area contributed by atoms with E-state index in [1.165, 1.54) is 11.8 Å². The smallest absolute Gasteiger partial charge is 0.280 e. The van der Waals surface area contributed by atoms with Crippen LogP contribution >= 0.6 is 11.8 Å². The first-order valence-electron chi connectivity index (χ1n) is 7.24. The van der Waals surface area contributed by atoms with Crippen molar-refractivity contribution >= 4 is 39.5 Å². The van der Waals surface area contributed by atoms with Crippen molar-refractivity contribution in [1.82, 2.24) is 4.90 Å². The van der Waals surface area contributed by atoms with E-state index in [1.807, 2.05) is 43.3 Å². The van der Waals surface area contributed by atoms with Gasteiger partial charge in [0.1, 0.15) is 0 Å². The Morgan fingerprint density at radius 1 is 1.23 bits per heavy atom. The summed E-state index contributed by atoms with van der Waals surface area (Å²) in [4.78, 5) is 30.1. The number of benzene rings is 2. The fourth-order valence-electron chi connectivity index (χ4n) is 2.48. The molecule has 3 rings (SSSR count). The minimum absolute atomic E-state index is 0.0244. The lowest BCUT2D eigenvalue weighted by atomic mass is 10.0. The van der Waals surface area contributed by atoms with Crippen LogP contribution < -0.4 is 0 Å². The van der Waals surface area contributed by atoms with Crippen LogP contribution in [0, 0.1) is 0 Å². The van der Waals surface area contributed by atoms with E-state index in [0.717, 1.165) is 17.2 Å². The molecule has 2 aromatic carbocycles. The molecule has 4 nitrogen and oxygen atoms in total. The highest BCUT2D eigenvalue weighted by Gasteiger charge is 2.28. The third-order valence-corrected chi connectivity index (χ3v) is 4.48. The zero-order valence-electron chi connectivity index (χ0n) is 12.3. The molecule has 0 bridgehead atoms. The van der Waals surface area contributed by atoms with Crippen molar-refractivity contribution in [3.63, 3.8) is 0 Å². The predicted molar refractivity (Wildman–Crippen MR) is 90.2 cm³/mol. The van der Waals surface area contributed by atoms with Crippen LogP contribution in [0.4, 0.5) is 0 Å². The maximum Gasteiger partial charge on any atom is 0.280 e. The van der Waals surface area contributed by atoms with Crippen LogP contribution in [0.2, 0.25) is 0 Å². The molecule has 0 unspecified atom stereocenters. The van der Waals surface area contributed by atoms with Crippen LogP contribution in [0.1, 0.15) is 23.7 Å². The third-order valence-electron chi connectivity index (χ3n) is 3.52. The van der Waals surface area contributed by atoms with Crippen molar-refractivity contribution in [3.05, 3.63) is 48.0 Å². The lowest BCUT2D eigenvalue weighted by molar-refractivity contribution is -0.124. The highest BCUT2D eigenvalue weighted by Crippen LogP contribution is 2.23. The molecule has 1 aliphatic heterocycles. The van der Waals surface area contributed by atoms with Gasteiger partial charge in [-0.1, -0.05) is 55.1 Å². The van der Waals surface area contributed by atoms with Crippen LogP contribution in [-0.2, 0) is 4.79 Å². The topological polar surface area (TPSA) is 49.7 Å². The Morgan fingerprint density at radius 2 is 2.00 bits per heavy atom. The SMILES string of the molecule is CCCN1C(=O)CSC1=NC(=O)c1cccc2ccccc12. The number of amidine groups is 1. The van der Waals surface area contributed by atoms with E-state index in [1.54, 1.807) is 11.0 Å². The largest absolute Gasteiger partial charge is 0.290 e. The van der Waals surface area contributed by atoms with Crippen LogP contribution in [0.25, 0.3) is 10.8 Å². The molecule has 1 heterocycles. The number of carbonyl (C=O) groups excluding carboxylic acids is 2. The number of thioether (sulfide) groups is 1. The van der Waals surface area contributed by atoms with Gasteiger partial charge in [0.05, 0.1) is 5.75 Å². The molecule has 2 aromatic rings. The Hall–Kier alpha value is -2.14. The van der Waals surface area contributed by atoms with Gasteiger partial charge in [-0.25, -0.2) is 0 Å². The number of amides is 2. The minimum Gasteiger partial charge on any atom is -0.290 e. The number of hydrogen-bond donors (Lipinski definition) is 0. The van der Waals surface area contributed by atoms with Crippen molar-refractivity contribution in [2.24, 2.45) is 4.99 Å². The fraction of sp³-hybridized carbons (Fsp3) is 0.235. The van der Waals surface area contributed by atoms with Gasteiger partial charge in [-0.15, -0.1) is 0 Å². The summed E-state index contributed by atoms with van der Waals surface area (Å²) in [6.45, 7) is 2.61. The second-order valence-corrected chi connectivity index (χ2v) is 6.00. The van der Waals surface area contributed by atoms with Crippen molar-refractivity contribution < 1.29 is 9.59 Å². The van der Waals surface area contributed by atoms with Gasteiger partial charge in [0, 0.05) is 12.1 Å². The molecular formula is C17H16N2O2S. The van der Waals surface area contributed by atoms with Crippen molar-refractivity contribution in [1.29, 1.82) is 0 Å². The average Bonchev–Trinajstić information content (AvgIpc) is 2.88. The van der Waals surface area contributed by atoms with E-state index in [9.17, 15) is 9.59 Å². The summed E-state index contributed by atoms with van der Waals surface area (Å²) >= 11 is 1.33. The lowest BCUT2D eigenvalue weighted by Gasteiger charge is -2.14. The van der Waals surface area contributed by atoms with Gasteiger partial charge in [-0.3, -0.25) is 14.5 Å². The second kappa shape index (κ2) is 6.32. The summed E-state index contributed by atoms with van der Waals surface area (Å²) in [5, 5.41) is 2.41. The Bertz CT molecular complexity index is 765. The van der Waals surface area contributed by atoms with E-state index in [2.05, 4.69) is 4.99 Å². The number of carbonyl (C=O) groups is 2. The van der Waals surface area contributed by atoms with Gasteiger partial charge in [0.25, 0.3) is 5.91 Å². The Balaban J connectivity index is 1.96. The molecule has 0 radical (unpaired) electrons. The standard InChI is InChI=1S/C17H16N2O2S/c1-2-10-19-15(20)11-22-17(19)18-16(21)14-9-5-7-12-6-3-4-8-13(12)14/h3-9H,2,10-11H2,1H3. The number of rotatable bonds is 3. The van der Waals surface area contributed by atoms with E-state index in [4.69, 9.17) is 0 Å². The van der Waals surface area contributed by atoms with Gasteiger partial charge < -0.3 is 0 Å². The van der Waals surface area contributed by atoms with Crippen LogP contribution in [0.5, 0.6) is 0 Å². The molecule has 0 N–H and O–H groups in total. The van der Waals surface area contributed by atoms with Gasteiger partial charge in [0.15, 0.2) is 5.17 Å². The van der Waals surface area contributed by atoms with Gasteiger partial charge in [0.2, 0.25) is 5.91 Å². The Morgan fingerprint density at radius 3 is 2.82 bits per heavy atom. The molecule has 0 aromatic heterocycles. The molecule has 0 spiro atoms. The summed E-state index contributed by atoms with van der Waals surface area (Å²) in [6.07, 6.45) is 0.841. The summed E-state index contributed by atoms with van der Waals surface area (Å²) < 4.78 is 0. The Kier molecular flexibility index (Phi) is 4.24. The van der Waals surface area contributed by atoms with Gasteiger partial charge >= 0.3 is 0 Å². The molecular weight excluding hydrogens is 296 g/mol. The molecule has 2 amide bonds. The third kappa shape index (κ3) is 2.76. The van der Waals surface area contributed by atoms with Gasteiger partial charge in [-0.2, -0.15) is 4.99 Å². The molecule has 22 heavy (non-hydrogen) atoms. The van der Waals surface area contributed by atoms with E-state index in [0.29, 0.717) is 23.0 Å². The summed E-state index contributed by atoms with van der Waals surface area (Å²) in [6, 6.07) is 13.3. The van der Waals surface area contributed by atoms with Crippen molar-refractivity contribution in [3.8, 4) is 0 Å². The fourth-order valence-corrected chi connectivity index (χ4v) is 3.39. The molecule has 0 saturated carbocycles. The van der Waals surface area contributed by atoms with Crippen LogP contribution in [0.15, 0.2) is 47.5 Å². The normalized spacial score (nSPS) is 16.7. The molecule has 5 heteroatoms. The first-order chi connectivity index (χ1) is 10.7. The zero-order chi connectivity index (χ0) is 15.5. The highest BCUT2D eigenvalue weighted by atomic mass is 32.2. The van der Waals surface area contributed by atoms with Gasteiger partial charge in [-0.05, 0) is 23.3 Å². The first kappa shape index (κ1) is 14.8. The molecule has 0 atom stereocenters. The monoisotopic (exact) mass is 312 g/mol. The van der Waals surface area contributed by atoms with Crippen molar-refractivity contribution in [2.75, 3.05) is 12.3 Å². The number of aliphatic imine (C=N–C) groups is 1. The van der Waals surface area contributed by atoms with E-state index >= 15 is 0 Å². The predicted octanol–water partition coefficient (Wildman–Crippen LogP) is 3.32. The minimum atomic E-state index is -0.296.